The van der Waals surface area contributed by atoms with E-state index < -0.39 is 6.04 Å². The maximum Gasteiger partial charge on any atom is 0.242 e. The van der Waals surface area contributed by atoms with Gasteiger partial charge in [0.25, 0.3) is 0 Å². The third-order valence-electron chi connectivity index (χ3n) is 5.27. The number of ether oxygens (including phenoxy) is 3. The number of carbonyl (C=O) groups excluding carboxylic acids is 2. The Balaban J connectivity index is 1.72. The molecule has 2 aromatic rings. The molecule has 0 saturated carbocycles. The highest BCUT2D eigenvalue weighted by molar-refractivity contribution is 5.87. The predicted octanol–water partition coefficient (Wildman–Crippen LogP) is 3.30. The second kappa shape index (κ2) is 10.7. The molecule has 1 atom stereocenters. The molecule has 0 unspecified atom stereocenters. The van der Waals surface area contributed by atoms with Gasteiger partial charge in [-0.1, -0.05) is 25.1 Å². The zero-order chi connectivity index (χ0) is 22.2. The van der Waals surface area contributed by atoms with E-state index in [4.69, 9.17) is 14.2 Å². The Kier molecular flexibility index (Phi) is 7.76. The van der Waals surface area contributed by atoms with Crippen molar-refractivity contribution in [2.75, 3.05) is 20.4 Å². The van der Waals surface area contributed by atoms with E-state index in [2.05, 4.69) is 5.32 Å². The number of hydrogen-bond acceptors (Lipinski definition) is 5. The van der Waals surface area contributed by atoms with Gasteiger partial charge in [-0.2, -0.15) is 0 Å². The Morgan fingerprint density at radius 3 is 2.71 bits per heavy atom. The minimum atomic E-state index is -0.581. The molecule has 7 heteroatoms. The number of aryl methyl sites for hydroxylation is 1. The maximum atomic E-state index is 13.2. The maximum absolute atomic E-state index is 13.2. The molecule has 7 nitrogen and oxygen atoms in total. The van der Waals surface area contributed by atoms with E-state index in [1.165, 1.54) is 0 Å². The van der Waals surface area contributed by atoms with Gasteiger partial charge in [0.2, 0.25) is 18.6 Å². The van der Waals surface area contributed by atoms with Crippen LogP contribution in [0.15, 0.2) is 42.5 Å². The van der Waals surface area contributed by atoms with Gasteiger partial charge in [0.15, 0.2) is 11.5 Å². The summed E-state index contributed by atoms with van der Waals surface area (Å²) in [4.78, 5) is 27.4. The van der Waals surface area contributed by atoms with Crippen LogP contribution in [0.3, 0.4) is 0 Å². The molecule has 0 spiro atoms. The molecule has 166 valence electrons. The van der Waals surface area contributed by atoms with Crippen molar-refractivity contribution in [3.05, 3.63) is 53.6 Å². The van der Waals surface area contributed by atoms with Crippen molar-refractivity contribution in [1.82, 2.24) is 10.2 Å². The summed E-state index contributed by atoms with van der Waals surface area (Å²) in [7, 11) is 1.61. The number of hydrogen-bond donors (Lipinski definition) is 1. The minimum absolute atomic E-state index is 0.0837. The lowest BCUT2D eigenvalue weighted by molar-refractivity contribution is -0.140. The number of nitrogens with zero attached hydrogens (tertiary/aromatic N) is 1. The van der Waals surface area contributed by atoms with Gasteiger partial charge >= 0.3 is 0 Å². The van der Waals surface area contributed by atoms with Gasteiger partial charge in [0.1, 0.15) is 11.8 Å². The fourth-order valence-corrected chi connectivity index (χ4v) is 3.44. The molecule has 3 rings (SSSR count). The summed E-state index contributed by atoms with van der Waals surface area (Å²) in [6.45, 7) is 4.90. The summed E-state index contributed by atoms with van der Waals surface area (Å²) in [6.07, 6.45) is 1.68. The van der Waals surface area contributed by atoms with Gasteiger partial charge in [-0.15, -0.1) is 0 Å². The lowest BCUT2D eigenvalue weighted by Crippen LogP contribution is -2.47. The summed E-state index contributed by atoms with van der Waals surface area (Å²) < 4.78 is 16.1. The fraction of sp³-hybridized carbons (Fsp3) is 0.417. The van der Waals surface area contributed by atoms with Gasteiger partial charge in [0, 0.05) is 19.5 Å². The largest absolute Gasteiger partial charge is 0.497 e. The zero-order valence-electron chi connectivity index (χ0n) is 18.3. The average Bonchev–Trinajstić information content (AvgIpc) is 3.27. The summed E-state index contributed by atoms with van der Waals surface area (Å²) >= 11 is 0. The van der Waals surface area contributed by atoms with Gasteiger partial charge in [-0.05, 0) is 55.2 Å². The van der Waals surface area contributed by atoms with Crippen LogP contribution in [0, 0.1) is 0 Å². The minimum Gasteiger partial charge on any atom is -0.497 e. The Morgan fingerprint density at radius 2 is 1.94 bits per heavy atom. The number of methoxy groups -OCH3 is 1. The quantitative estimate of drug-likeness (QED) is 0.631. The van der Waals surface area contributed by atoms with E-state index >= 15 is 0 Å². The first-order chi connectivity index (χ1) is 15.0. The van der Waals surface area contributed by atoms with E-state index in [9.17, 15) is 9.59 Å². The molecule has 31 heavy (non-hydrogen) atoms. The highest BCUT2D eigenvalue weighted by atomic mass is 16.7. The van der Waals surface area contributed by atoms with E-state index in [1.54, 1.807) is 18.9 Å². The number of nitrogens with one attached hydrogen (secondary N) is 1. The van der Waals surface area contributed by atoms with Crippen LogP contribution >= 0.6 is 0 Å². The van der Waals surface area contributed by atoms with Gasteiger partial charge in [-0.25, -0.2) is 0 Å². The molecule has 1 N–H and O–H groups in total. The van der Waals surface area contributed by atoms with Crippen LogP contribution in [-0.2, 0) is 22.6 Å². The summed E-state index contributed by atoms with van der Waals surface area (Å²) in [6, 6.07) is 12.7. The molecular weight excluding hydrogens is 396 g/mol. The van der Waals surface area contributed by atoms with E-state index in [0.29, 0.717) is 31.0 Å². The van der Waals surface area contributed by atoms with Crippen molar-refractivity contribution >= 4 is 11.8 Å². The molecule has 2 amide bonds. The van der Waals surface area contributed by atoms with E-state index in [1.807, 2.05) is 49.4 Å². The zero-order valence-corrected chi connectivity index (χ0v) is 18.3. The summed E-state index contributed by atoms with van der Waals surface area (Å²) in [5, 5.41) is 2.89. The number of benzene rings is 2. The molecule has 1 aliphatic heterocycles. The van der Waals surface area contributed by atoms with Crippen molar-refractivity contribution in [1.29, 1.82) is 0 Å². The second-order valence-corrected chi connectivity index (χ2v) is 7.53. The molecule has 0 bridgehead atoms. The third kappa shape index (κ3) is 5.90. The van der Waals surface area contributed by atoms with Crippen LogP contribution in [-0.4, -0.2) is 43.2 Å². The van der Waals surface area contributed by atoms with Gasteiger partial charge in [-0.3, -0.25) is 9.59 Å². The van der Waals surface area contributed by atoms with Crippen LogP contribution in [0.5, 0.6) is 17.2 Å². The topological polar surface area (TPSA) is 77.1 Å². The fourth-order valence-electron chi connectivity index (χ4n) is 3.44. The molecule has 0 aliphatic carbocycles. The van der Waals surface area contributed by atoms with Crippen LogP contribution in [0.25, 0.3) is 0 Å². The first kappa shape index (κ1) is 22.5. The number of rotatable bonds is 10. The van der Waals surface area contributed by atoms with Crippen molar-refractivity contribution in [2.45, 2.75) is 45.7 Å². The average molecular weight is 427 g/mol. The standard InChI is InChI=1S/C24H30N2O5/c1-4-12-25-24(28)17(2)26(15-19-6-5-7-20(13-19)29-3)23(27)11-9-18-8-10-21-22(14-18)31-16-30-21/h5-8,10,13-14,17H,4,9,11-12,15-16H2,1-3H3,(H,25,28)/t17-/m1/s1. The second-order valence-electron chi connectivity index (χ2n) is 7.53. The smallest absolute Gasteiger partial charge is 0.242 e. The molecule has 2 aromatic carbocycles. The molecular formula is C24H30N2O5. The van der Waals surface area contributed by atoms with Crippen molar-refractivity contribution < 1.29 is 23.8 Å². The molecule has 0 fully saturated rings. The Hall–Kier alpha value is -3.22. The number of amides is 2. The van der Waals surface area contributed by atoms with Crippen LogP contribution in [0.1, 0.15) is 37.8 Å². The highest BCUT2D eigenvalue weighted by Crippen LogP contribution is 2.32. The molecule has 0 radical (unpaired) electrons. The summed E-state index contributed by atoms with van der Waals surface area (Å²) in [5.74, 6) is 1.90. The van der Waals surface area contributed by atoms with Crippen LogP contribution in [0.2, 0.25) is 0 Å². The van der Waals surface area contributed by atoms with Crippen molar-refractivity contribution in [3.8, 4) is 17.2 Å². The molecule has 0 saturated heterocycles. The Morgan fingerprint density at radius 1 is 1.13 bits per heavy atom. The third-order valence-corrected chi connectivity index (χ3v) is 5.27. The lowest BCUT2D eigenvalue weighted by Gasteiger charge is -2.29. The normalized spacial score (nSPS) is 12.9. The number of fused-ring (bicyclic) bond motifs is 1. The first-order valence-corrected chi connectivity index (χ1v) is 10.6. The van der Waals surface area contributed by atoms with Crippen molar-refractivity contribution in [2.24, 2.45) is 0 Å². The highest BCUT2D eigenvalue weighted by Gasteiger charge is 2.26. The molecule has 1 heterocycles. The predicted molar refractivity (Wildman–Crippen MR) is 117 cm³/mol. The summed E-state index contributed by atoms with van der Waals surface area (Å²) in [5.41, 5.74) is 1.90. The molecule has 1 aliphatic rings. The number of carbonyl (C=O) groups is 2. The van der Waals surface area contributed by atoms with Gasteiger partial charge in [0.05, 0.1) is 7.11 Å². The van der Waals surface area contributed by atoms with E-state index in [-0.39, 0.29) is 25.0 Å². The first-order valence-electron chi connectivity index (χ1n) is 10.6. The SMILES string of the molecule is CCCNC(=O)[C@@H](C)N(Cc1cccc(OC)c1)C(=O)CCc1ccc2c(c1)OCO2. The Labute approximate surface area is 183 Å². The van der Waals surface area contributed by atoms with Gasteiger partial charge < -0.3 is 24.4 Å². The monoisotopic (exact) mass is 426 g/mol. The lowest BCUT2D eigenvalue weighted by atomic mass is 10.1. The molecule has 0 aromatic heterocycles. The van der Waals surface area contributed by atoms with Crippen LogP contribution < -0.4 is 19.5 Å². The van der Waals surface area contributed by atoms with Crippen molar-refractivity contribution in [3.63, 3.8) is 0 Å². The Bertz CT molecular complexity index is 915. The van der Waals surface area contributed by atoms with E-state index in [0.717, 1.165) is 23.3 Å². The van der Waals surface area contributed by atoms with Crippen LogP contribution in [0.4, 0.5) is 0 Å².